The molecule has 0 atom stereocenters. The number of ether oxygens (including phenoxy) is 1. The quantitative estimate of drug-likeness (QED) is 0.367. The van der Waals surface area contributed by atoms with Crippen molar-refractivity contribution in [1.29, 1.82) is 0 Å². The van der Waals surface area contributed by atoms with Gasteiger partial charge in [0.15, 0.2) is 0 Å². The molecule has 0 aliphatic heterocycles. The van der Waals surface area contributed by atoms with Crippen LogP contribution in [-0.2, 0) is 13.1 Å². The number of nitrogens with two attached hydrogens (primary N) is 1. The van der Waals surface area contributed by atoms with Crippen molar-refractivity contribution in [2.24, 2.45) is 5.73 Å². The maximum Gasteiger partial charge on any atom is 0.353 e. The maximum absolute atomic E-state index is 12.4. The molecule has 0 saturated heterocycles. The van der Waals surface area contributed by atoms with Gasteiger partial charge in [0.1, 0.15) is 23.1 Å². The molecule has 0 spiro atoms. The zero-order valence-corrected chi connectivity index (χ0v) is 18.0. The van der Waals surface area contributed by atoms with E-state index in [4.69, 9.17) is 33.7 Å². The van der Waals surface area contributed by atoms with Crippen molar-refractivity contribution in [3.8, 4) is 16.9 Å². The lowest BCUT2D eigenvalue weighted by molar-refractivity contribution is 0.0685. The van der Waals surface area contributed by atoms with Gasteiger partial charge in [0, 0.05) is 23.0 Å². The van der Waals surface area contributed by atoms with E-state index in [1.807, 2.05) is 48.5 Å². The number of rotatable bonds is 7. The Labute approximate surface area is 189 Å². The Morgan fingerprint density at radius 3 is 2.52 bits per heavy atom. The molecule has 3 N–H and O–H groups in total. The fourth-order valence-corrected chi connectivity index (χ4v) is 4.16. The highest BCUT2D eigenvalue weighted by Crippen LogP contribution is 2.37. The highest BCUT2D eigenvalue weighted by molar-refractivity contribution is 6.42. The molecule has 0 amide bonds. The molecule has 31 heavy (non-hydrogen) atoms. The van der Waals surface area contributed by atoms with E-state index in [-0.39, 0.29) is 12.3 Å². The Morgan fingerprint density at radius 1 is 1.00 bits per heavy atom. The van der Waals surface area contributed by atoms with Crippen LogP contribution in [0.1, 0.15) is 16.1 Å². The van der Waals surface area contributed by atoms with Gasteiger partial charge >= 0.3 is 5.97 Å². The van der Waals surface area contributed by atoms with Crippen molar-refractivity contribution in [2.75, 3.05) is 6.61 Å². The molecular weight excluding hydrogens is 435 g/mol. The van der Waals surface area contributed by atoms with Gasteiger partial charge in [0.05, 0.1) is 11.6 Å². The summed E-state index contributed by atoms with van der Waals surface area (Å²) in [6.07, 6.45) is 0. The van der Waals surface area contributed by atoms with E-state index in [1.165, 1.54) is 0 Å². The number of halogens is 2. The number of carboxylic acids is 1. The molecule has 0 aliphatic rings. The Hall–Kier alpha value is -2.99. The van der Waals surface area contributed by atoms with E-state index < -0.39 is 5.97 Å². The number of carboxylic acid groups (broad SMARTS) is 1. The van der Waals surface area contributed by atoms with Crippen LogP contribution in [0.5, 0.6) is 5.75 Å². The van der Waals surface area contributed by atoms with Crippen LogP contribution in [0.4, 0.5) is 0 Å². The van der Waals surface area contributed by atoms with Crippen molar-refractivity contribution in [3.63, 3.8) is 0 Å². The maximum atomic E-state index is 12.4. The van der Waals surface area contributed by atoms with Crippen LogP contribution in [0.3, 0.4) is 0 Å². The standard InChI is InChI=1S/C24H20Cl2N2O3/c25-18-9-5-11-20(22(18)26)31-13-12-28-19-10-4-3-8-17(19)21(23(28)24(29)30)16-7-2-1-6-15(16)14-27/h1-11H,12-14,27H2,(H,29,30). The highest BCUT2D eigenvalue weighted by atomic mass is 35.5. The lowest BCUT2D eigenvalue weighted by Gasteiger charge is -2.13. The molecule has 0 saturated carbocycles. The van der Waals surface area contributed by atoms with Gasteiger partial charge in [-0.2, -0.15) is 0 Å². The minimum Gasteiger partial charge on any atom is -0.490 e. The number of hydrogen-bond donors (Lipinski definition) is 2. The molecule has 4 rings (SSSR count). The van der Waals surface area contributed by atoms with Crippen molar-refractivity contribution >= 4 is 40.1 Å². The Morgan fingerprint density at radius 2 is 1.74 bits per heavy atom. The van der Waals surface area contributed by atoms with Crippen LogP contribution in [0.25, 0.3) is 22.0 Å². The van der Waals surface area contributed by atoms with Gasteiger partial charge in [0.2, 0.25) is 0 Å². The van der Waals surface area contributed by atoms with Gasteiger partial charge in [-0.15, -0.1) is 0 Å². The van der Waals surface area contributed by atoms with Crippen molar-refractivity contribution in [3.05, 3.63) is 88.0 Å². The van der Waals surface area contributed by atoms with Gasteiger partial charge < -0.3 is 20.1 Å². The molecule has 0 fully saturated rings. The zero-order valence-electron chi connectivity index (χ0n) is 16.5. The van der Waals surface area contributed by atoms with E-state index in [0.717, 1.165) is 22.0 Å². The SMILES string of the molecule is NCc1ccccc1-c1c(C(=O)O)n(CCOc2cccc(Cl)c2Cl)c2ccccc12. The summed E-state index contributed by atoms with van der Waals surface area (Å²) in [5.74, 6) is -0.560. The first-order chi connectivity index (χ1) is 15.0. The molecule has 5 nitrogen and oxygen atoms in total. The lowest BCUT2D eigenvalue weighted by atomic mass is 9.97. The second kappa shape index (κ2) is 9.02. The van der Waals surface area contributed by atoms with E-state index >= 15 is 0 Å². The normalized spacial score (nSPS) is 11.1. The molecule has 3 aromatic carbocycles. The van der Waals surface area contributed by atoms with Crippen LogP contribution in [0.2, 0.25) is 10.0 Å². The van der Waals surface area contributed by atoms with Crippen LogP contribution in [-0.4, -0.2) is 22.2 Å². The molecule has 4 aromatic rings. The van der Waals surface area contributed by atoms with Gasteiger partial charge in [-0.3, -0.25) is 0 Å². The first-order valence-corrected chi connectivity index (χ1v) is 10.5. The summed E-state index contributed by atoms with van der Waals surface area (Å²) < 4.78 is 7.58. The number of fused-ring (bicyclic) bond motifs is 1. The monoisotopic (exact) mass is 454 g/mol. The fraction of sp³-hybridized carbons (Fsp3) is 0.125. The van der Waals surface area contributed by atoms with Gasteiger partial charge in [-0.05, 0) is 29.3 Å². The van der Waals surface area contributed by atoms with Crippen molar-refractivity contribution in [1.82, 2.24) is 4.57 Å². The van der Waals surface area contributed by atoms with Crippen molar-refractivity contribution in [2.45, 2.75) is 13.1 Å². The Kier molecular flexibility index (Phi) is 6.18. The number of aromatic carboxylic acids is 1. The Balaban J connectivity index is 1.79. The summed E-state index contributed by atoms with van der Waals surface area (Å²) in [5.41, 5.74) is 9.30. The molecule has 0 radical (unpaired) electrons. The topological polar surface area (TPSA) is 77.5 Å². The van der Waals surface area contributed by atoms with Crippen LogP contribution >= 0.6 is 23.2 Å². The minimum absolute atomic E-state index is 0.197. The van der Waals surface area contributed by atoms with Gasteiger partial charge in [-0.1, -0.05) is 71.7 Å². The first kappa shape index (κ1) is 21.2. The molecule has 0 unspecified atom stereocenters. The molecule has 0 aliphatic carbocycles. The van der Waals surface area contributed by atoms with Crippen LogP contribution < -0.4 is 10.5 Å². The third kappa shape index (κ3) is 4.00. The zero-order chi connectivity index (χ0) is 22.0. The second-order valence-electron chi connectivity index (χ2n) is 6.96. The summed E-state index contributed by atoms with van der Waals surface area (Å²) in [7, 11) is 0. The fourth-order valence-electron chi connectivity index (χ4n) is 3.82. The molecule has 1 heterocycles. The summed E-state index contributed by atoms with van der Waals surface area (Å²) in [5, 5.41) is 11.7. The smallest absolute Gasteiger partial charge is 0.353 e. The molecule has 1 aromatic heterocycles. The average molecular weight is 455 g/mol. The van der Waals surface area contributed by atoms with E-state index in [1.54, 1.807) is 22.8 Å². The molecule has 0 bridgehead atoms. The van der Waals surface area contributed by atoms with Crippen molar-refractivity contribution < 1.29 is 14.6 Å². The summed E-state index contributed by atoms with van der Waals surface area (Å²) in [4.78, 5) is 12.4. The summed E-state index contributed by atoms with van der Waals surface area (Å²) >= 11 is 12.2. The Bertz CT molecular complexity index is 1270. The predicted molar refractivity (Wildman–Crippen MR) is 124 cm³/mol. The predicted octanol–water partition coefficient (Wildman–Crippen LogP) is 5.85. The van der Waals surface area contributed by atoms with E-state index in [0.29, 0.717) is 34.4 Å². The number of hydrogen-bond acceptors (Lipinski definition) is 3. The number of carbonyl (C=O) groups is 1. The number of benzene rings is 3. The lowest BCUT2D eigenvalue weighted by Crippen LogP contribution is -2.15. The van der Waals surface area contributed by atoms with E-state index in [2.05, 4.69) is 0 Å². The average Bonchev–Trinajstić information content (AvgIpc) is 3.11. The first-order valence-electron chi connectivity index (χ1n) is 9.72. The third-order valence-corrected chi connectivity index (χ3v) is 5.97. The summed E-state index contributed by atoms with van der Waals surface area (Å²) in [6, 6.07) is 20.4. The second-order valence-corrected chi connectivity index (χ2v) is 7.74. The highest BCUT2D eigenvalue weighted by Gasteiger charge is 2.24. The number of aromatic nitrogens is 1. The minimum atomic E-state index is -1.01. The molecule has 7 heteroatoms. The van der Waals surface area contributed by atoms with Crippen LogP contribution in [0.15, 0.2) is 66.7 Å². The van der Waals surface area contributed by atoms with Gasteiger partial charge in [0.25, 0.3) is 0 Å². The summed E-state index contributed by atoms with van der Waals surface area (Å²) in [6.45, 7) is 0.845. The molecular formula is C24H20Cl2N2O3. The van der Waals surface area contributed by atoms with Crippen LogP contribution in [0, 0.1) is 0 Å². The van der Waals surface area contributed by atoms with E-state index in [9.17, 15) is 9.90 Å². The molecule has 158 valence electrons. The largest absolute Gasteiger partial charge is 0.490 e. The van der Waals surface area contributed by atoms with Gasteiger partial charge in [-0.25, -0.2) is 4.79 Å². The number of nitrogens with zero attached hydrogens (tertiary/aromatic N) is 1. The third-order valence-electron chi connectivity index (χ3n) is 5.17. The number of para-hydroxylation sites is 1.